The van der Waals surface area contributed by atoms with Crippen molar-refractivity contribution in [3.05, 3.63) is 18.3 Å². The van der Waals surface area contributed by atoms with Crippen LogP contribution in [0.4, 0.5) is 5.69 Å². The van der Waals surface area contributed by atoms with E-state index >= 15 is 0 Å². The number of unbranched alkanes of at least 4 members (excludes halogenated alkanes) is 3. The second-order valence-electron chi connectivity index (χ2n) is 4.68. The van der Waals surface area contributed by atoms with Gasteiger partial charge in [-0.3, -0.25) is 0 Å². The molecule has 3 nitrogen and oxygen atoms in total. The summed E-state index contributed by atoms with van der Waals surface area (Å²) in [5.41, 5.74) is 1.00. The molecule has 102 valence electrons. The first kappa shape index (κ1) is 14.8. The van der Waals surface area contributed by atoms with Gasteiger partial charge in [0.1, 0.15) is 0 Å². The van der Waals surface area contributed by atoms with Crippen molar-refractivity contribution in [2.24, 2.45) is 0 Å². The molecule has 1 rings (SSSR count). The third kappa shape index (κ3) is 5.39. The minimum atomic E-state index is 0.463. The molecule has 1 heterocycles. The van der Waals surface area contributed by atoms with Crippen molar-refractivity contribution in [1.29, 1.82) is 0 Å². The number of nitrogens with one attached hydrogen (secondary N) is 1. The van der Waals surface area contributed by atoms with Crippen LogP contribution in [0.3, 0.4) is 0 Å². The fourth-order valence-corrected chi connectivity index (χ4v) is 1.97. The van der Waals surface area contributed by atoms with Gasteiger partial charge in [0.15, 0.2) is 0 Å². The molecule has 0 aliphatic heterocycles. The Bertz CT molecular complexity index is 328. The van der Waals surface area contributed by atoms with Gasteiger partial charge < -0.3 is 10.1 Å². The third-order valence-electron chi connectivity index (χ3n) is 2.94. The third-order valence-corrected chi connectivity index (χ3v) is 2.94. The molecule has 0 aliphatic rings. The SMILES string of the molecule is CCCCCCC(C)Nc1cccnc1OCC. The van der Waals surface area contributed by atoms with Crippen LogP contribution in [0.15, 0.2) is 18.3 Å². The molecule has 18 heavy (non-hydrogen) atoms. The van der Waals surface area contributed by atoms with Gasteiger partial charge in [-0.1, -0.05) is 32.6 Å². The average Bonchev–Trinajstić information content (AvgIpc) is 2.37. The van der Waals surface area contributed by atoms with Gasteiger partial charge in [-0.25, -0.2) is 4.98 Å². The lowest BCUT2D eigenvalue weighted by molar-refractivity contribution is 0.328. The molecule has 1 atom stereocenters. The van der Waals surface area contributed by atoms with Crippen LogP contribution in [0.2, 0.25) is 0 Å². The van der Waals surface area contributed by atoms with Crippen molar-refractivity contribution in [1.82, 2.24) is 4.98 Å². The van der Waals surface area contributed by atoms with E-state index in [-0.39, 0.29) is 0 Å². The van der Waals surface area contributed by atoms with E-state index in [4.69, 9.17) is 4.74 Å². The number of pyridine rings is 1. The largest absolute Gasteiger partial charge is 0.476 e. The Kier molecular flexibility index (Phi) is 7.23. The molecule has 0 bridgehead atoms. The molecule has 3 heteroatoms. The Balaban J connectivity index is 2.40. The predicted molar refractivity (Wildman–Crippen MR) is 77.2 cm³/mol. The Morgan fingerprint density at radius 1 is 1.28 bits per heavy atom. The Morgan fingerprint density at radius 2 is 2.11 bits per heavy atom. The molecule has 0 spiro atoms. The monoisotopic (exact) mass is 250 g/mol. The zero-order chi connectivity index (χ0) is 13.2. The number of aromatic nitrogens is 1. The summed E-state index contributed by atoms with van der Waals surface area (Å²) in [5.74, 6) is 0.709. The predicted octanol–water partition coefficient (Wildman–Crippen LogP) is 4.25. The molecule has 0 saturated heterocycles. The summed E-state index contributed by atoms with van der Waals surface area (Å²) in [6.45, 7) is 7.09. The smallest absolute Gasteiger partial charge is 0.237 e. The van der Waals surface area contributed by atoms with Crippen LogP contribution in [-0.4, -0.2) is 17.6 Å². The zero-order valence-electron chi connectivity index (χ0n) is 11.9. The fourth-order valence-electron chi connectivity index (χ4n) is 1.97. The van der Waals surface area contributed by atoms with Crippen LogP contribution in [-0.2, 0) is 0 Å². The maximum Gasteiger partial charge on any atom is 0.237 e. The first-order chi connectivity index (χ1) is 8.77. The van der Waals surface area contributed by atoms with Gasteiger partial charge >= 0.3 is 0 Å². The Hall–Kier alpha value is -1.25. The molecule has 1 aromatic rings. The maximum atomic E-state index is 5.51. The summed E-state index contributed by atoms with van der Waals surface area (Å²) in [4.78, 5) is 4.25. The second-order valence-corrected chi connectivity index (χ2v) is 4.68. The van der Waals surface area contributed by atoms with E-state index in [1.165, 1.54) is 32.1 Å². The molecule has 0 amide bonds. The van der Waals surface area contributed by atoms with Crippen LogP contribution in [0.5, 0.6) is 5.88 Å². The lowest BCUT2D eigenvalue weighted by Crippen LogP contribution is -2.16. The van der Waals surface area contributed by atoms with E-state index in [0.717, 1.165) is 5.69 Å². The summed E-state index contributed by atoms with van der Waals surface area (Å²) in [5, 5.41) is 3.48. The van der Waals surface area contributed by atoms with Crippen molar-refractivity contribution in [3.63, 3.8) is 0 Å². The second kappa shape index (κ2) is 8.78. The molecule has 0 radical (unpaired) electrons. The summed E-state index contributed by atoms with van der Waals surface area (Å²) in [6, 6.07) is 4.43. The number of anilines is 1. The molecular weight excluding hydrogens is 224 g/mol. The van der Waals surface area contributed by atoms with Crippen LogP contribution < -0.4 is 10.1 Å². The summed E-state index contributed by atoms with van der Waals surface area (Å²) < 4.78 is 5.51. The minimum absolute atomic E-state index is 0.463. The highest BCUT2D eigenvalue weighted by atomic mass is 16.5. The van der Waals surface area contributed by atoms with Gasteiger partial charge in [-0.05, 0) is 32.4 Å². The highest BCUT2D eigenvalue weighted by Crippen LogP contribution is 2.22. The highest BCUT2D eigenvalue weighted by Gasteiger charge is 2.07. The number of hydrogen-bond acceptors (Lipinski definition) is 3. The molecule has 0 aromatic carbocycles. The zero-order valence-corrected chi connectivity index (χ0v) is 11.9. The van der Waals surface area contributed by atoms with Gasteiger partial charge in [-0.15, -0.1) is 0 Å². The van der Waals surface area contributed by atoms with Crippen molar-refractivity contribution >= 4 is 5.69 Å². The first-order valence-electron chi connectivity index (χ1n) is 7.12. The fraction of sp³-hybridized carbons (Fsp3) is 0.667. The van der Waals surface area contributed by atoms with E-state index in [1.54, 1.807) is 6.20 Å². The number of hydrogen-bond donors (Lipinski definition) is 1. The standard InChI is InChI=1S/C15H26N2O/c1-4-6-7-8-10-13(3)17-14-11-9-12-16-15(14)18-5-2/h9,11-13,17H,4-8,10H2,1-3H3. The molecule has 1 aromatic heterocycles. The highest BCUT2D eigenvalue weighted by molar-refractivity contribution is 5.52. The topological polar surface area (TPSA) is 34.2 Å². The van der Waals surface area contributed by atoms with Gasteiger partial charge in [0.25, 0.3) is 0 Å². The van der Waals surface area contributed by atoms with Crippen molar-refractivity contribution in [3.8, 4) is 5.88 Å². The summed E-state index contributed by atoms with van der Waals surface area (Å²) in [6.07, 6.45) is 8.20. The van der Waals surface area contributed by atoms with Gasteiger partial charge in [-0.2, -0.15) is 0 Å². The minimum Gasteiger partial charge on any atom is -0.476 e. The van der Waals surface area contributed by atoms with Crippen LogP contribution >= 0.6 is 0 Å². The normalized spacial score (nSPS) is 12.2. The molecule has 0 aliphatic carbocycles. The summed E-state index contributed by atoms with van der Waals surface area (Å²) >= 11 is 0. The van der Waals surface area contributed by atoms with E-state index in [0.29, 0.717) is 18.5 Å². The average molecular weight is 250 g/mol. The maximum absolute atomic E-state index is 5.51. The van der Waals surface area contributed by atoms with Gasteiger partial charge in [0.05, 0.1) is 12.3 Å². The van der Waals surface area contributed by atoms with Gasteiger partial charge in [0.2, 0.25) is 5.88 Å². The van der Waals surface area contributed by atoms with Crippen LogP contribution in [0.1, 0.15) is 52.9 Å². The van der Waals surface area contributed by atoms with E-state index in [9.17, 15) is 0 Å². The Morgan fingerprint density at radius 3 is 2.83 bits per heavy atom. The molecule has 0 saturated carbocycles. The van der Waals surface area contributed by atoms with Crippen molar-refractivity contribution in [2.45, 2.75) is 58.9 Å². The molecular formula is C15H26N2O. The molecule has 0 fully saturated rings. The first-order valence-corrected chi connectivity index (χ1v) is 7.12. The van der Waals surface area contributed by atoms with Crippen molar-refractivity contribution < 1.29 is 4.74 Å². The number of rotatable bonds is 9. The number of nitrogens with zero attached hydrogens (tertiary/aromatic N) is 1. The quantitative estimate of drug-likeness (QED) is 0.665. The van der Waals surface area contributed by atoms with E-state index < -0.39 is 0 Å². The molecule has 1 unspecified atom stereocenters. The summed E-state index contributed by atoms with van der Waals surface area (Å²) in [7, 11) is 0. The lowest BCUT2D eigenvalue weighted by atomic mass is 10.1. The van der Waals surface area contributed by atoms with Gasteiger partial charge in [0, 0.05) is 12.2 Å². The number of ether oxygens (including phenoxy) is 1. The van der Waals surface area contributed by atoms with E-state index in [1.807, 2.05) is 19.1 Å². The molecule has 1 N–H and O–H groups in total. The van der Waals surface area contributed by atoms with Crippen LogP contribution in [0.25, 0.3) is 0 Å². The van der Waals surface area contributed by atoms with E-state index in [2.05, 4.69) is 24.1 Å². The lowest BCUT2D eigenvalue weighted by Gasteiger charge is -2.17. The van der Waals surface area contributed by atoms with Crippen LogP contribution in [0, 0.1) is 0 Å². The Labute approximate surface area is 111 Å². The van der Waals surface area contributed by atoms with Crippen molar-refractivity contribution in [2.75, 3.05) is 11.9 Å².